The zero-order valence-electron chi connectivity index (χ0n) is 20.1. The number of hydrogen-bond acceptors (Lipinski definition) is 5. The van der Waals surface area contributed by atoms with Crippen LogP contribution in [-0.2, 0) is 6.54 Å². The van der Waals surface area contributed by atoms with Crippen molar-refractivity contribution in [2.75, 3.05) is 14.2 Å². The molecule has 0 atom stereocenters. The van der Waals surface area contributed by atoms with Crippen molar-refractivity contribution in [1.29, 1.82) is 0 Å². The van der Waals surface area contributed by atoms with Crippen LogP contribution in [0.5, 0.6) is 11.5 Å². The molecule has 0 radical (unpaired) electrons. The number of methoxy groups -OCH3 is 2. The third-order valence-electron chi connectivity index (χ3n) is 6.84. The van der Waals surface area contributed by atoms with Gasteiger partial charge in [-0.1, -0.05) is 31.7 Å². The van der Waals surface area contributed by atoms with Gasteiger partial charge in [0.2, 0.25) is 0 Å². The number of carbonyl (C=O) groups excluding carboxylic acids is 1. The maximum Gasteiger partial charge on any atom is 0.275 e. The Hall–Kier alpha value is -3.81. The lowest BCUT2D eigenvalue weighted by molar-refractivity contribution is 0.0922. The predicted octanol–water partition coefficient (Wildman–Crippen LogP) is 4.17. The van der Waals surface area contributed by atoms with Crippen molar-refractivity contribution in [1.82, 2.24) is 19.3 Å². The molecule has 182 valence electrons. The lowest BCUT2D eigenvalue weighted by Crippen LogP contribution is -2.39. The minimum Gasteiger partial charge on any atom is -0.496 e. The SMILES string of the molecule is COc1ccc(OC)c2c1cc1c(=O)n(Cc3ccccn3)c(C(=O)NC3CCCCCC3)cn12. The molecule has 1 amide bonds. The molecule has 1 N–H and O–H groups in total. The number of aromatic nitrogens is 3. The van der Waals surface area contributed by atoms with Crippen LogP contribution in [0.2, 0.25) is 0 Å². The molecule has 0 bridgehead atoms. The van der Waals surface area contributed by atoms with Gasteiger partial charge in [0, 0.05) is 23.8 Å². The van der Waals surface area contributed by atoms with Gasteiger partial charge in [0.1, 0.15) is 22.7 Å². The van der Waals surface area contributed by atoms with Crippen LogP contribution in [0.4, 0.5) is 0 Å². The van der Waals surface area contributed by atoms with Gasteiger partial charge in [0.25, 0.3) is 11.5 Å². The first-order valence-electron chi connectivity index (χ1n) is 12.1. The standard InChI is InChI=1S/C27H30N4O4/c1-34-23-12-13-24(35-2)25-20(23)15-21-27(33)31(16-19-11-7-8-14-28-19)22(17-30(21)25)26(32)29-18-9-5-3-4-6-10-18/h7-8,11-15,17-18H,3-6,9-10,16H2,1-2H3,(H,29,32). The summed E-state index contributed by atoms with van der Waals surface area (Å²) in [5, 5.41) is 3.94. The topological polar surface area (TPSA) is 86.9 Å². The Kier molecular flexibility index (Phi) is 6.44. The first kappa shape index (κ1) is 23.0. The molecule has 5 rings (SSSR count). The number of fused-ring (bicyclic) bond motifs is 3. The van der Waals surface area contributed by atoms with E-state index in [1.54, 1.807) is 43.1 Å². The molecular formula is C27H30N4O4. The summed E-state index contributed by atoms with van der Waals surface area (Å²) in [4.78, 5) is 31.8. The number of carbonyl (C=O) groups is 1. The Balaban J connectivity index is 1.70. The average molecular weight is 475 g/mol. The highest BCUT2D eigenvalue weighted by Gasteiger charge is 2.23. The maximum absolute atomic E-state index is 13.8. The van der Waals surface area contributed by atoms with E-state index in [0.29, 0.717) is 33.9 Å². The van der Waals surface area contributed by atoms with Crippen LogP contribution in [0.15, 0.2) is 53.6 Å². The third-order valence-corrected chi connectivity index (χ3v) is 6.84. The number of rotatable bonds is 6. The van der Waals surface area contributed by atoms with Crippen LogP contribution in [-0.4, -0.2) is 40.1 Å². The molecule has 1 fully saturated rings. The molecule has 35 heavy (non-hydrogen) atoms. The summed E-state index contributed by atoms with van der Waals surface area (Å²) in [5.74, 6) is 0.970. The predicted molar refractivity (Wildman–Crippen MR) is 135 cm³/mol. The van der Waals surface area contributed by atoms with E-state index in [1.807, 2.05) is 24.3 Å². The Bertz CT molecular complexity index is 1420. The van der Waals surface area contributed by atoms with Gasteiger partial charge >= 0.3 is 0 Å². The summed E-state index contributed by atoms with van der Waals surface area (Å²) in [7, 11) is 3.18. The van der Waals surface area contributed by atoms with Crippen molar-refractivity contribution >= 4 is 22.3 Å². The molecule has 0 unspecified atom stereocenters. The molecular weight excluding hydrogens is 444 g/mol. The normalized spacial score (nSPS) is 14.7. The van der Waals surface area contributed by atoms with Gasteiger partial charge in [-0.2, -0.15) is 0 Å². The minimum absolute atomic E-state index is 0.107. The summed E-state index contributed by atoms with van der Waals surface area (Å²) in [6.07, 6.45) is 9.92. The zero-order chi connectivity index (χ0) is 24.4. The highest BCUT2D eigenvalue weighted by atomic mass is 16.5. The van der Waals surface area contributed by atoms with Crippen molar-refractivity contribution in [3.63, 3.8) is 0 Å². The van der Waals surface area contributed by atoms with Crippen LogP contribution in [0.25, 0.3) is 16.4 Å². The first-order valence-corrected chi connectivity index (χ1v) is 12.1. The number of hydrogen-bond donors (Lipinski definition) is 1. The summed E-state index contributed by atoms with van der Waals surface area (Å²) < 4.78 is 14.4. The van der Waals surface area contributed by atoms with E-state index in [4.69, 9.17) is 9.47 Å². The van der Waals surface area contributed by atoms with Crippen LogP contribution in [0, 0.1) is 0 Å². The second-order valence-corrected chi connectivity index (χ2v) is 9.02. The molecule has 3 aromatic heterocycles. The monoisotopic (exact) mass is 474 g/mol. The second-order valence-electron chi connectivity index (χ2n) is 9.02. The van der Waals surface area contributed by atoms with Gasteiger partial charge < -0.3 is 19.2 Å². The smallest absolute Gasteiger partial charge is 0.275 e. The van der Waals surface area contributed by atoms with Crippen LogP contribution in [0.1, 0.15) is 54.7 Å². The Labute approximate surface area is 203 Å². The van der Waals surface area contributed by atoms with Gasteiger partial charge in [-0.05, 0) is 43.2 Å². The Morgan fingerprint density at radius 1 is 1.06 bits per heavy atom. The third kappa shape index (κ3) is 4.36. The zero-order valence-corrected chi connectivity index (χ0v) is 20.1. The fourth-order valence-electron chi connectivity index (χ4n) is 5.04. The molecule has 8 nitrogen and oxygen atoms in total. The molecule has 8 heteroatoms. The summed E-state index contributed by atoms with van der Waals surface area (Å²) >= 11 is 0. The number of pyridine rings is 1. The number of benzene rings is 1. The quantitative estimate of drug-likeness (QED) is 0.424. The molecule has 1 aliphatic carbocycles. The molecule has 3 heterocycles. The van der Waals surface area contributed by atoms with E-state index in [2.05, 4.69) is 10.3 Å². The highest BCUT2D eigenvalue weighted by Crippen LogP contribution is 2.35. The van der Waals surface area contributed by atoms with Crippen LogP contribution < -0.4 is 20.3 Å². The average Bonchev–Trinajstić information content (AvgIpc) is 3.08. The van der Waals surface area contributed by atoms with E-state index in [-0.39, 0.29) is 24.1 Å². The van der Waals surface area contributed by atoms with Gasteiger partial charge in [-0.25, -0.2) is 0 Å². The molecule has 0 spiro atoms. The van der Waals surface area contributed by atoms with Crippen molar-refractivity contribution in [2.45, 2.75) is 51.1 Å². The molecule has 1 aromatic carbocycles. The van der Waals surface area contributed by atoms with Gasteiger partial charge in [-0.3, -0.25) is 19.1 Å². The van der Waals surface area contributed by atoms with Crippen molar-refractivity contribution in [2.24, 2.45) is 0 Å². The molecule has 1 aliphatic rings. The number of amides is 1. The number of nitrogens with zero attached hydrogens (tertiary/aromatic N) is 3. The van der Waals surface area contributed by atoms with E-state index >= 15 is 0 Å². The van der Waals surface area contributed by atoms with E-state index in [0.717, 1.165) is 31.1 Å². The van der Waals surface area contributed by atoms with Crippen molar-refractivity contribution in [3.8, 4) is 11.5 Å². The molecule has 1 saturated carbocycles. The molecule has 0 saturated heterocycles. The van der Waals surface area contributed by atoms with Crippen molar-refractivity contribution < 1.29 is 14.3 Å². The molecule has 4 aromatic rings. The number of nitrogens with one attached hydrogen (secondary N) is 1. The van der Waals surface area contributed by atoms with Crippen LogP contribution >= 0.6 is 0 Å². The minimum atomic E-state index is -0.274. The van der Waals surface area contributed by atoms with Crippen LogP contribution in [0.3, 0.4) is 0 Å². The largest absolute Gasteiger partial charge is 0.496 e. The Morgan fingerprint density at radius 2 is 1.80 bits per heavy atom. The van der Waals surface area contributed by atoms with Gasteiger partial charge in [0.15, 0.2) is 0 Å². The maximum atomic E-state index is 13.8. The van der Waals surface area contributed by atoms with E-state index in [9.17, 15) is 9.59 Å². The highest BCUT2D eigenvalue weighted by molar-refractivity contribution is 5.98. The fourth-order valence-corrected chi connectivity index (χ4v) is 5.04. The number of ether oxygens (including phenoxy) is 2. The summed E-state index contributed by atoms with van der Waals surface area (Å²) in [6, 6.07) is 11.1. The second kappa shape index (κ2) is 9.82. The molecule has 0 aliphatic heterocycles. The summed E-state index contributed by atoms with van der Waals surface area (Å²) in [6.45, 7) is 0.194. The summed E-state index contributed by atoms with van der Waals surface area (Å²) in [5.41, 5.74) is 1.84. The lowest BCUT2D eigenvalue weighted by Gasteiger charge is -2.19. The first-order chi connectivity index (χ1) is 17.1. The fraction of sp³-hybridized carbons (Fsp3) is 0.370. The van der Waals surface area contributed by atoms with E-state index < -0.39 is 0 Å². The lowest BCUT2D eigenvalue weighted by atomic mass is 10.1. The van der Waals surface area contributed by atoms with Gasteiger partial charge in [0.05, 0.1) is 32.0 Å². The van der Waals surface area contributed by atoms with Crippen molar-refractivity contribution in [3.05, 3.63) is 70.5 Å². The van der Waals surface area contributed by atoms with E-state index in [1.165, 1.54) is 17.4 Å². The van der Waals surface area contributed by atoms with Gasteiger partial charge in [-0.15, -0.1) is 0 Å². The Morgan fingerprint density at radius 3 is 2.49 bits per heavy atom.